The van der Waals surface area contributed by atoms with Crippen molar-refractivity contribution in [2.75, 3.05) is 31.5 Å². The van der Waals surface area contributed by atoms with E-state index >= 15 is 0 Å². The number of nitrogens with one attached hydrogen (secondary N) is 1. The van der Waals surface area contributed by atoms with Gasteiger partial charge < -0.3 is 15.1 Å². The maximum Gasteiger partial charge on any atom is 0.229 e. The van der Waals surface area contributed by atoms with E-state index in [9.17, 15) is 9.59 Å². The molecule has 5 heteroatoms. The van der Waals surface area contributed by atoms with Gasteiger partial charge in [-0.05, 0) is 62.9 Å². The summed E-state index contributed by atoms with van der Waals surface area (Å²) in [6.07, 6.45) is 8.60. The number of carbonyl (C=O) groups is 2. The standard InChI is InChI=1S/C22H31N3O2/c26-21-15-18(16-25(21)20-8-1-2-9-20)22(27)23-19-7-5-6-17(14-19)10-13-24-11-3-4-12-24/h5-7,14,18,20H,1-4,8-13,15-16H2,(H,23,27). The molecule has 1 aromatic rings. The number of nitrogens with zero attached hydrogens (tertiary/aromatic N) is 2. The molecule has 2 saturated heterocycles. The van der Waals surface area contributed by atoms with Gasteiger partial charge in [0.2, 0.25) is 11.8 Å². The molecule has 1 unspecified atom stereocenters. The molecule has 1 aromatic carbocycles. The normalized spacial score (nSPS) is 24.1. The van der Waals surface area contributed by atoms with E-state index in [0.29, 0.717) is 19.0 Å². The van der Waals surface area contributed by atoms with Crippen molar-refractivity contribution in [1.29, 1.82) is 0 Å². The summed E-state index contributed by atoms with van der Waals surface area (Å²) >= 11 is 0. The van der Waals surface area contributed by atoms with E-state index in [0.717, 1.165) is 31.5 Å². The lowest BCUT2D eigenvalue weighted by atomic mass is 10.1. The largest absolute Gasteiger partial charge is 0.339 e. The molecule has 1 aliphatic carbocycles. The highest BCUT2D eigenvalue weighted by Crippen LogP contribution is 2.30. The molecule has 27 heavy (non-hydrogen) atoms. The van der Waals surface area contributed by atoms with Crippen LogP contribution in [0.2, 0.25) is 0 Å². The Labute approximate surface area is 162 Å². The smallest absolute Gasteiger partial charge is 0.229 e. The minimum atomic E-state index is -0.216. The fourth-order valence-corrected chi connectivity index (χ4v) is 4.82. The molecule has 0 radical (unpaired) electrons. The van der Waals surface area contributed by atoms with Crippen LogP contribution in [0, 0.1) is 5.92 Å². The van der Waals surface area contributed by atoms with E-state index in [4.69, 9.17) is 0 Å². The van der Waals surface area contributed by atoms with Gasteiger partial charge in [0.15, 0.2) is 0 Å². The van der Waals surface area contributed by atoms with E-state index in [1.807, 2.05) is 17.0 Å². The van der Waals surface area contributed by atoms with Crippen LogP contribution < -0.4 is 5.32 Å². The summed E-state index contributed by atoms with van der Waals surface area (Å²) in [6.45, 7) is 4.10. The van der Waals surface area contributed by atoms with Crippen molar-refractivity contribution in [1.82, 2.24) is 9.80 Å². The van der Waals surface area contributed by atoms with Crippen LogP contribution in [0.5, 0.6) is 0 Å². The number of rotatable bonds is 6. The van der Waals surface area contributed by atoms with Gasteiger partial charge in [0.25, 0.3) is 0 Å². The Hall–Kier alpha value is -1.88. The quantitative estimate of drug-likeness (QED) is 0.838. The molecular formula is C22H31N3O2. The van der Waals surface area contributed by atoms with Crippen LogP contribution in [0.3, 0.4) is 0 Å². The van der Waals surface area contributed by atoms with Gasteiger partial charge >= 0.3 is 0 Å². The van der Waals surface area contributed by atoms with Crippen LogP contribution in [0.15, 0.2) is 24.3 Å². The van der Waals surface area contributed by atoms with Crippen molar-refractivity contribution in [3.05, 3.63) is 29.8 Å². The second-order valence-corrected chi connectivity index (χ2v) is 8.37. The predicted octanol–water partition coefficient (Wildman–Crippen LogP) is 3.05. The van der Waals surface area contributed by atoms with Crippen LogP contribution in [0.1, 0.15) is 50.5 Å². The Morgan fingerprint density at radius 1 is 1.11 bits per heavy atom. The predicted molar refractivity (Wildman–Crippen MR) is 107 cm³/mol. The van der Waals surface area contributed by atoms with Gasteiger partial charge in [-0.15, -0.1) is 0 Å². The molecule has 3 aliphatic rings. The van der Waals surface area contributed by atoms with Crippen molar-refractivity contribution < 1.29 is 9.59 Å². The first kappa shape index (κ1) is 18.5. The Balaban J connectivity index is 1.31. The maximum atomic E-state index is 12.7. The molecule has 1 saturated carbocycles. The summed E-state index contributed by atoms with van der Waals surface area (Å²) < 4.78 is 0. The molecule has 146 valence electrons. The highest BCUT2D eigenvalue weighted by molar-refractivity contribution is 5.97. The molecule has 1 N–H and O–H groups in total. The van der Waals surface area contributed by atoms with E-state index in [2.05, 4.69) is 22.3 Å². The van der Waals surface area contributed by atoms with Crippen molar-refractivity contribution in [2.24, 2.45) is 5.92 Å². The van der Waals surface area contributed by atoms with Gasteiger partial charge in [-0.3, -0.25) is 9.59 Å². The topological polar surface area (TPSA) is 52.7 Å². The third-order valence-corrected chi connectivity index (χ3v) is 6.40. The summed E-state index contributed by atoms with van der Waals surface area (Å²) in [5, 5.41) is 3.05. The Kier molecular flexibility index (Phi) is 5.77. The van der Waals surface area contributed by atoms with Gasteiger partial charge in [0.05, 0.1) is 5.92 Å². The van der Waals surface area contributed by atoms with Crippen LogP contribution >= 0.6 is 0 Å². The molecule has 0 aromatic heterocycles. The zero-order valence-electron chi connectivity index (χ0n) is 16.2. The van der Waals surface area contributed by atoms with Crippen molar-refractivity contribution >= 4 is 17.5 Å². The summed E-state index contributed by atoms with van der Waals surface area (Å²) in [6, 6.07) is 8.54. The van der Waals surface area contributed by atoms with Crippen LogP contribution in [0.4, 0.5) is 5.69 Å². The molecular weight excluding hydrogens is 338 g/mol. The van der Waals surface area contributed by atoms with Crippen LogP contribution in [0.25, 0.3) is 0 Å². The van der Waals surface area contributed by atoms with E-state index in [1.54, 1.807) is 0 Å². The van der Waals surface area contributed by atoms with E-state index in [-0.39, 0.29) is 17.7 Å². The van der Waals surface area contributed by atoms with Gasteiger partial charge in [0, 0.05) is 31.2 Å². The zero-order chi connectivity index (χ0) is 18.6. The number of hydrogen-bond acceptors (Lipinski definition) is 3. The second-order valence-electron chi connectivity index (χ2n) is 8.37. The number of amides is 2. The van der Waals surface area contributed by atoms with Crippen molar-refractivity contribution in [3.8, 4) is 0 Å². The zero-order valence-corrected chi connectivity index (χ0v) is 16.2. The number of benzene rings is 1. The second kappa shape index (κ2) is 8.42. The van der Waals surface area contributed by atoms with E-state index < -0.39 is 0 Å². The highest BCUT2D eigenvalue weighted by atomic mass is 16.2. The minimum Gasteiger partial charge on any atom is -0.339 e. The average Bonchev–Trinajstić information content (AvgIpc) is 3.42. The summed E-state index contributed by atoms with van der Waals surface area (Å²) in [5.41, 5.74) is 2.11. The Bertz CT molecular complexity index is 678. The molecule has 0 spiro atoms. The molecule has 2 amide bonds. The first-order valence-corrected chi connectivity index (χ1v) is 10.6. The van der Waals surface area contributed by atoms with Gasteiger partial charge in [-0.1, -0.05) is 25.0 Å². The van der Waals surface area contributed by atoms with Crippen LogP contribution in [-0.4, -0.2) is 53.8 Å². The summed E-state index contributed by atoms with van der Waals surface area (Å²) in [7, 11) is 0. The van der Waals surface area contributed by atoms with E-state index in [1.165, 1.54) is 44.3 Å². The molecule has 4 rings (SSSR count). The lowest BCUT2D eigenvalue weighted by molar-refractivity contribution is -0.129. The first-order chi connectivity index (χ1) is 13.2. The molecule has 0 bridgehead atoms. The summed E-state index contributed by atoms with van der Waals surface area (Å²) in [5.74, 6) is -0.0756. The highest BCUT2D eigenvalue weighted by Gasteiger charge is 2.38. The Morgan fingerprint density at radius 2 is 1.89 bits per heavy atom. The fourth-order valence-electron chi connectivity index (χ4n) is 4.82. The Morgan fingerprint density at radius 3 is 2.67 bits per heavy atom. The maximum absolute atomic E-state index is 12.7. The third kappa shape index (κ3) is 4.52. The monoisotopic (exact) mass is 369 g/mol. The number of likely N-dealkylation sites (tertiary alicyclic amines) is 2. The number of carbonyl (C=O) groups excluding carboxylic acids is 2. The number of anilines is 1. The van der Waals surface area contributed by atoms with Crippen molar-refractivity contribution in [3.63, 3.8) is 0 Å². The molecule has 1 atom stereocenters. The molecule has 5 nitrogen and oxygen atoms in total. The third-order valence-electron chi connectivity index (χ3n) is 6.40. The van der Waals surface area contributed by atoms with Crippen LogP contribution in [-0.2, 0) is 16.0 Å². The van der Waals surface area contributed by atoms with Gasteiger partial charge in [-0.25, -0.2) is 0 Å². The number of hydrogen-bond donors (Lipinski definition) is 1. The first-order valence-electron chi connectivity index (χ1n) is 10.6. The van der Waals surface area contributed by atoms with Gasteiger partial charge in [0.1, 0.15) is 0 Å². The average molecular weight is 370 g/mol. The van der Waals surface area contributed by atoms with Gasteiger partial charge in [-0.2, -0.15) is 0 Å². The molecule has 2 aliphatic heterocycles. The fraction of sp³-hybridized carbons (Fsp3) is 0.636. The molecule has 3 fully saturated rings. The summed E-state index contributed by atoms with van der Waals surface area (Å²) in [4.78, 5) is 29.5. The molecule has 2 heterocycles. The minimum absolute atomic E-state index is 0.0134. The lowest BCUT2D eigenvalue weighted by Crippen LogP contribution is -2.35. The SMILES string of the molecule is O=C(Nc1cccc(CCN2CCCC2)c1)C1CC(=O)N(C2CCCC2)C1. The lowest BCUT2D eigenvalue weighted by Gasteiger charge is -2.23. The van der Waals surface area contributed by atoms with Crippen molar-refractivity contribution in [2.45, 2.75) is 57.4 Å².